The maximum absolute atomic E-state index is 10.9. The molecule has 0 saturated carbocycles. The molecule has 0 radical (unpaired) electrons. The standard InChI is InChI=1S/C13H17NO6S/c1-17-10-5-4-8(14(15)16)6-9(10)13-11(20-21-13)7-12(18-2)19-3/h4-6,11-13H,7H2,1-3H3/t11-,13+/m0/s1. The van der Waals surface area contributed by atoms with Crippen LogP contribution >= 0.6 is 12.0 Å². The summed E-state index contributed by atoms with van der Waals surface area (Å²) >= 11 is 1.27. The lowest BCUT2D eigenvalue weighted by Crippen LogP contribution is -2.33. The summed E-state index contributed by atoms with van der Waals surface area (Å²) in [6.07, 6.45) is 0.0233. The van der Waals surface area contributed by atoms with Gasteiger partial charge >= 0.3 is 0 Å². The lowest BCUT2D eigenvalue weighted by atomic mass is 10.0. The van der Waals surface area contributed by atoms with E-state index in [0.717, 1.165) is 5.56 Å². The highest BCUT2D eigenvalue weighted by Crippen LogP contribution is 2.50. The highest BCUT2D eigenvalue weighted by Gasteiger charge is 2.39. The largest absolute Gasteiger partial charge is 0.496 e. The molecular formula is C13H17NO6S. The van der Waals surface area contributed by atoms with Crippen LogP contribution in [-0.2, 0) is 13.7 Å². The van der Waals surface area contributed by atoms with Crippen molar-refractivity contribution in [3.8, 4) is 5.75 Å². The fraction of sp³-hybridized carbons (Fsp3) is 0.538. The Labute approximate surface area is 126 Å². The zero-order valence-corrected chi connectivity index (χ0v) is 12.8. The smallest absolute Gasteiger partial charge is 0.270 e. The molecular weight excluding hydrogens is 298 g/mol. The third kappa shape index (κ3) is 3.46. The number of nitro groups is 1. The first-order chi connectivity index (χ1) is 10.1. The molecule has 0 unspecified atom stereocenters. The lowest BCUT2D eigenvalue weighted by molar-refractivity contribution is -0.384. The van der Waals surface area contributed by atoms with Crippen LogP contribution in [-0.4, -0.2) is 38.6 Å². The molecule has 8 heteroatoms. The molecule has 1 saturated heterocycles. The van der Waals surface area contributed by atoms with E-state index in [1.165, 1.54) is 31.3 Å². The van der Waals surface area contributed by atoms with Crippen molar-refractivity contribution < 1.29 is 23.3 Å². The molecule has 0 aliphatic carbocycles. The van der Waals surface area contributed by atoms with Gasteiger partial charge in [-0.3, -0.25) is 10.1 Å². The lowest BCUT2D eigenvalue weighted by Gasteiger charge is -2.37. The van der Waals surface area contributed by atoms with Gasteiger partial charge in [-0.05, 0) is 6.07 Å². The first-order valence-corrected chi connectivity index (χ1v) is 7.11. The van der Waals surface area contributed by atoms with Crippen molar-refractivity contribution in [2.45, 2.75) is 24.1 Å². The zero-order valence-electron chi connectivity index (χ0n) is 12.0. The average Bonchev–Trinajstić information content (AvgIpc) is 2.47. The Balaban J connectivity index is 2.20. The Morgan fingerprint density at radius 2 is 2.10 bits per heavy atom. The van der Waals surface area contributed by atoms with Gasteiger partial charge in [0.25, 0.3) is 5.69 Å². The van der Waals surface area contributed by atoms with Gasteiger partial charge in [0.05, 0.1) is 23.4 Å². The number of nitrogens with zero attached hydrogens (tertiary/aromatic N) is 1. The summed E-state index contributed by atoms with van der Waals surface area (Å²) in [5, 5.41) is 10.9. The van der Waals surface area contributed by atoms with Crippen molar-refractivity contribution in [1.82, 2.24) is 0 Å². The molecule has 2 atom stereocenters. The molecule has 0 amide bonds. The Kier molecular flexibility index (Phi) is 5.40. The molecule has 0 spiro atoms. The van der Waals surface area contributed by atoms with Crippen LogP contribution in [0.4, 0.5) is 5.69 Å². The first-order valence-electron chi connectivity index (χ1n) is 6.30. The highest BCUT2D eigenvalue weighted by molar-refractivity contribution is 7.96. The number of methoxy groups -OCH3 is 3. The van der Waals surface area contributed by atoms with Crippen LogP contribution in [0.25, 0.3) is 0 Å². The molecule has 7 nitrogen and oxygen atoms in total. The molecule has 2 rings (SSSR count). The topological polar surface area (TPSA) is 80.1 Å². The van der Waals surface area contributed by atoms with Crippen LogP contribution in [0, 0.1) is 10.1 Å². The predicted molar refractivity (Wildman–Crippen MR) is 77.3 cm³/mol. The van der Waals surface area contributed by atoms with Gasteiger partial charge in [-0.2, -0.15) is 0 Å². The third-order valence-electron chi connectivity index (χ3n) is 3.30. The van der Waals surface area contributed by atoms with E-state index in [1.54, 1.807) is 20.3 Å². The summed E-state index contributed by atoms with van der Waals surface area (Å²) < 4.78 is 21.1. The fourth-order valence-electron chi connectivity index (χ4n) is 2.14. The Bertz CT molecular complexity index is 507. The second kappa shape index (κ2) is 7.08. The van der Waals surface area contributed by atoms with E-state index >= 15 is 0 Å². The van der Waals surface area contributed by atoms with Gasteiger partial charge < -0.3 is 18.4 Å². The maximum Gasteiger partial charge on any atom is 0.270 e. The number of hydrogen-bond donors (Lipinski definition) is 0. The van der Waals surface area contributed by atoms with Gasteiger partial charge in [-0.1, -0.05) is 0 Å². The summed E-state index contributed by atoms with van der Waals surface area (Å²) in [7, 11) is 4.66. The van der Waals surface area contributed by atoms with E-state index in [0.29, 0.717) is 12.2 Å². The van der Waals surface area contributed by atoms with Crippen LogP contribution in [0.3, 0.4) is 0 Å². The van der Waals surface area contributed by atoms with Crippen molar-refractivity contribution in [3.63, 3.8) is 0 Å². The van der Waals surface area contributed by atoms with Gasteiger partial charge in [0, 0.05) is 50.4 Å². The minimum absolute atomic E-state index is 0.0343. The van der Waals surface area contributed by atoms with Crippen molar-refractivity contribution in [2.75, 3.05) is 21.3 Å². The van der Waals surface area contributed by atoms with Crippen molar-refractivity contribution in [2.24, 2.45) is 0 Å². The number of ether oxygens (including phenoxy) is 3. The van der Waals surface area contributed by atoms with E-state index in [2.05, 4.69) is 0 Å². The molecule has 1 aromatic rings. The number of non-ortho nitro benzene ring substituents is 1. The van der Waals surface area contributed by atoms with Crippen LogP contribution in [0.2, 0.25) is 0 Å². The van der Waals surface area contributed by atoms with Gasteiger partial charge in [-0.15, -0.1) is 0 Å². The monoisotopic (exact) mass is 315 g/mol. The first kappa shape index (κ1) is 16.0. The molecule has 0 aromatic heterocycles. The molecule has 1 fully saturated rings. The van der Waals surface area contributed by atoms with E-state index in [1.807, 2.05) is 0 Å². The quantitative estimate of drug-likeness (QED) is 0.331. The molecule has 21 heavy (non-hydrogen) atoms. The van der Waals surface area contributed by atoms with Crippen LogP contribution in [0.5, 0.6) is 5.75 Å². The van der Waals surface area contributed by atoms with Gasteiger partial charge in [0.15, 0.2) is 6.29 Å². The minimum atomic E-state index is -0.421. The number of benzene rings is 1. The molecule has 116 valence electrons. The van der Waals surface area contributed by atoms with E-state index in [-0.39, 0.29) is 23.3 Å². The molecule has 1 aromatic carbocycles. The summed E-state index contributed by atoms with van der Waals surface area (Å²) in [5.41, 5.74) is 0.783. The van der Waals surface area contributed by atoms with Crippen LogP contribution in [0.15, 0.2) is 18.2 Å². The van der Waals surface area contributed by atoms with E-state index < -0.39 is 4.92 Å². The van der Waals surface area contributed by atoms with Gasteiger partial charge in [-0.25, -0.2) is 0 Å². The fourth-order valence-corrected chi connectivity index (χ4v) is 3.00. The number of rotatable bonds is 7. The zero-order chi connectivity index (χ0) is 15.4. The highest BCUT2D eigenvalue weighted by atomic mass is 32.2. The second-order valence-corrected chi connectivity index (χ2v) is 5.36. The summed E-state index contributed by atoms with van der Waals surface area (Å²) in [4.78, 5) is 10.5. The number of hydrogen-bond acceptors (Lipinski definition) is 7. The Hall–Kier alpha value is -1.35. The van der Waals surface area contributed by atoms with Crippen LogP contribution < -0.4 is 4.74 Å². The number of nitro benzene ring substituents is 1. The molecule has 1 heterocycles. The minimum Gasteiger partial charge on any atom is -0.496 e. The van der Waals surface area contributed by atoms with Gasteiger partial charge in [0.2, 0.25) is 0 Å². The van der Waals surface area contributed by atoms with Crippen LogP contribution in [0.1, 0.15) is 17.2 Å². The summed E-state index contributed by atoms with van der Waals surface area (Å²) in [6.45, 7) is 0. The molecule has 0 N–H and O–H groups in total. The molecule has 0 bridgehead atoms. The van der Waals surface area contributed by atoms with E-state index in [9.17, 15) is 10.1 Å². The second-order valence-electron chi connectivity index (χ2n) is 4.47. The SMILES string of the molecule is COc1ccc([N+](=O)[O-])cc1[C@H]1SO[C@H]1CC(OC)OC. The van der Waals surface area contributed by atoms with Crippen molar-refractivity contribution in [3.05, 3.63) is 33.9 Å². The van der Waals surface area contributed by atoms with Crippen molar-refractivity contribution in [1.29, 1.82) is 0 Å². The molecule has 1 aliphatic rings. The molecule has 1 aliphatic heterocycles. The Morgan fingerprint density at radius 1 is 1.38 bits per heavy atom. The maximum atomic E-state index is 10.9. The Morgan fingerprint density at radius 3 is 2.57 bits per heavy atom. The van der Waals surface area contributed by atoms with Crippen molar-refractivity contribution >= 4 is 17.7 Å². The summed E-state index contributed by atoms with van der Waals surface area (Å²) in [5.74, 6) is 0.609. The average molecular weight is 315 g/mol. The normalized spacial score (nSPS) is 21.1. The third-order valence-corrected chi connectivity index (χ3v) is 4.42. The summed E-state index contributed by atoms with van der Waals surface area (Å²) in [6, 6.07) is 4.56. The van der Waals surface area contributed by atoms with Gasteiger partial charge in [0.1, 0.15) is 5.75 Å². The predicted octanol–water partition coefficient (Wildman–Crippen LogP) is 2.70. The van der Waals surface area contributed by atoms with E-state index in [4.69, 9.17) is 18.4 Å².